The van der Waals surface area contributed by atoms with E-state index in [4.69, 9.17) is 4.74 Å². The fourth-order valence-electron chi connectivity index (χ4n) is 2.93. The minimum atomic E-state index is -1.19. The highest BCUT2D eigenvalue weighted by Crippen LogP contribution is 2.23. The van der Waals surface area contributed by atoms with E-state index in [1.807, 2.05) is 30.3 Å². The van der Waals surface area contributed by atoms with Gasteiger partial charge in [0.1, 0.15) is 11.7 Å². The normalized spacial score (nSPS) is 24.1. The van der Waals surface area contributed by atoms with Crippen molar-refractivity contribution in [1.82, 2.24) is 10.2 Å². The lowest BCUT2D eigenvalue weighted by Crippen LogP contribution is -2.60. The van der Waals surface area contributed by atoms with E-state index in [0.29, 0.717) is 45.5 Å². The Bertz CT molecular complexity index is 511. The fourth-order valence-corrected chi connectivity index (χ4v) is 2.93. The first-order valence-corrected chi connectivity index (χ1v) is 8.47. The van der Waals surface area contributed by atoms with Gasteiger partial charge < -0.3 is 25.2 Å². The molecule has 2 rings (SSSR count). The van der Waals surface area contributed by atoms with E-state index in [0.717, 1.165) is 5.56 Å². The van der Waals surface area contributed by atoms with E-state index < -0.39 is 11.7 Å². The summed E-state index contributed by atoms with van der Waals surface area (Å²) >= 11 is 0. The van der Waals surface area contributed by atoms with Crippen LogP contribution in [0.1, 0.15) is 18.4 Å². The minimum absolute atomic E-state index is 0.0206. The number of rotatable bonds is 8. The molecule has 1 aromatic carbocycles. The van der Waals surface area contributed by atoms with Crippen molar-refractivity contribution in [1.29, 1.82) is 0 Å². The third-order valence-corrected chi connectivity index (χ3v) is 4.57. The van der Waals surface area contributed by atoms with Crippen LogP contribution in [-0.4, -0.2) is 72.6 Å². The molecule has 3 N–H and O–H groups in total. The van der Waals surface area contributed by atoms with Crippen LogP contribution in [-0.2, 0) is 16.0 Å². The predicted octanol–water partition coefficient (Wildman–Crippen LogP) is 0.180. The molecule has 6 nitrogen and oxygen atoms in total. The summed E-state index contributed by atoms with van der Waals surface area (Å²) in [6.07, 6.45) is 0.531. The number of nitrogens with zero attached hydrogens (tertiary/aromatic N) is 1. The first kappa shape index (κ1) is 18.9. The van der Waals surface area contributed by atoms with E-state index in [1.165, 1.54) is 0 Å². The lowest BCUT2D eigenvalue weighted by molar-refractivity contribution is -0.148. The lowest BCUT2D eigenvalue weighted by Gasteiger charge is -2.42. The van der Waals surface area contributed by atoms with Crippen LogP contribution in [0.15, 0.2) is 30.3 Å². The summed E-state index contributed by atoms with van der Waals surface area (Å²) in [5, 5.41) is 23.9. The van der Waals surface area contributed by atoms with Crippen LogP contribution in [0.5, 0.6) is 0 Å². The average molecular weight is 336 g/mol. The number of carbonyl (C=O) groups excluding carboxylic acids is 1. The number of hydrogen-bond acceptors (Lipinski definition) is 5. The van der Waals surface area contributed by atoms with Crippen LogP contribution >= 0.6 is 0 Å². The fraction of sp³-hybridized carbons (Fsp3) is 0.611. The number of nitrogens with one attached hydrogen (secondary N) is 1. The lowest BCUT2D eigenvalue weighted by atomic mass is 9.88. The van der Waals surface area contributed by atoms with Crippen molar-refractivity contribution in [3.8, 4) is 0 Å². The zero-order valence-corrected chi connectivity index (χ0v) is 14.3. The summed E-state index contributed by atoms with van der Waals surface area (Å²) in [4.78, 5) is 14.0. The molecule has 1 aromatic rings. The standard InChI is InChI=1S/C18H28N2O4/c1-24-12-10-19-14-18(23)9-11-20(13-16(18)21)17(22)8-7-15-5-3-2-4-6-15/h2-6,16,19,21,23H,7-14H2,1H3/t16-,18-/m0/s1. The second-order valence-corrected chi connectivity index (χ2v) is 6.36. The van der Waals surface area contributed by atoms with Crippen molar-refractivity contribution in [2.75, 3.05) is 39.9 Å². The summed E-state index contributed by atoms with van der Waals surface area (Å²) in [6.45, 7) is 2.11. The molecule has 0 bridgehead atoms. The third kappa shape index (κ3) is 5.27. The minimum Gasteiger partial charge on any atom is -0.388 e. The van der Waals surface area contributed by atoms with Gasteiger partial charge in [-0.2, -0.15) is 0 Å². The molecule has 6 heteroatoms. The summed E-state index contributed by atoms with van der Waals surface area (Å²) < 4.78 is 4.94. The molecule has 1 heterocycles. The van der Waals surface area contributed by atoms with Gasteiger partial charge in [-0.1, -0.05) is 30.3 Å². The van der Waals surface area contributed by atoms with Gasteiger partial charge in [-0.15, -0.1) is 0 Å². The SMILES string of the molecule is COCCNC[C@@]1(O)CCN(C(=O)CCc2ccccc2)C[C@@H]1O. The van der Waals surface area contributed by atoms with Crippen LogP contribution in [0.2, 0.25) is 0 Å². The van der Waals surface area contributed by atoms with E-state index in [-0.39, 0.29) is 12.5 Å². The molecule has 1 saturated heterocycles. The van der Waals surface area contributed by atoms with Crippen LogP contribution in [0.4, 0.5) is 0 Å². The molecule has 0 aromatic heterocycles. The molecule has 1 amide bonds. The van der Waals surface area contributed by atoms with Gasteiger partial charge in [0.25, 0.3) is 0 Å². The molecule has 134 valence electrons. The number of β-amino-alcohol motifs (C(OH)–C–C–N with tert-alkyl or cyclic N) is 1. The van der Waals surface area contributed by atoms with Crippen LogP contribution < -0.4 is 5.32 Å². The molecule has 1 aliphatic heterocycles. The number of benzene rings is 1. The van der Waals surface area contributed by atoms with Gasteiger partial charge in [-0.3, -0.25) is 4.79 Å². The second kappa shape index (κ2) is 9.13. The zero-order chi connectivity index (χ0) is 17.4. The molecule has 0 saturated carbocycles. The molecule has 24 heavy (non-hydrogen) atoms. The van der Waals surface area contributed by atoms with Crippen LogP contribution in [0.25, 0.3) is 0 Å². The van der Waals surface area contributed by atoms with Crippen molar-refractivity contribution in [3.05, 3.63) is 35.9 Å². The van der Waals surface area contributed by atoms with Gasteiger partial charge in [-0.05, 0) is 18.4 Å². The Morgan fingerprint density at radius 3 is 2.83 bits per heavy atom. The number of ether oxygens (including phenoxy) is 1. The Morgan fingerprint density at radius 2 is 2.17 bits per heavy atom. The van der Waals surface area contributed by atoms with Crippen molar-refractivity contribution < 1.29 is 19.7 Å². The number of amides is 1. The molecule has 0 unspecified atom stereocenters. The highest BCUT2D eigenvalue weighted by molar-refractivity contribution is 5.76. The van der Waals surface area contributed by atoms with E-state index >= 15 is 0 Å². The maximum Gasteiger partial charge on any atom is 0.222 e. The van der Waals surface area contributed by atoms with Crippen molar-refractivity contribution >= 4 is 5.91 Å². The summed E-state index contributed by atoms with van der Waals surface area (Å²) in [7, 11) is 1.62. The number of aliphatic hydroxyl groups excluding tert-OH is 1. The Morgan fingerprint density at radius 1 is 1.42 bits per heavy atom. The second-order valence-electron chi connectivity index (χ2n) is 6.36. The predicted molar refractivity (Wildman–Crippen MR) is 91.7 cm³/mol. The number of aryl methyl sites for hydroxylation is 1. The van der Waals surface area contributed by atoms with E-state index in [9.17, 15) is 15.0 Å². The van der Waals surface area contributed by atoms with Crippen molar-refractivity contribution in [2.45, 2.75) is 31.0 Å². The van der Waals surface area contributed by atoms with Crippen LogP contribution in [0.3, 0.4) is 0 Å². The highest BCUT2D eigenvalue weighted by Gasteiger charge is 2.41. The number of piperidine rings is 1. The van der Waals surface area contributed by atoms with E-state index in [1.54, 1.807) is 12.0 Å². The smallest absolute Gasteiger partial charge is 0.222 e. The van der Waals surface area contributed by atoms with Crippen molar-refractivity contribution in [2.24, 2.45) is 0 Å². The number of methoxy groups -OCH3 is 1. The number of likely N-dealkylation sites (tertiary alicyclic amines) is 1. The molecule has 2 atom stereocenters. The number of hydrogen-bond donors (Lipinski definition) is 3. The first-order chi connectivity index (χ1) is 11.5. The topological polar surface area (TPSA) is 82.0 Å². The van der Waals surface area contributed by atoms with Crippen molar-refractivity contribution in [3.63, 3.8) is 0 Å². The Kier molecular flexibility index (Phi) is 7.17. The van der Waals surface area contributed by atoms with Gasteiger partial charge in [0.15, 0.2) is 0 Å². The molecule has 0 aliphatic carbocycles. The molecule has 1 fully saturated rings. The summed E-state index contributed by atoms with van der Waals surface area (Å²) in [6, 6.07) is 9.88. The zero-order valence-electron chi connectivity index (χ0n) is 14.3. The maximum atomic E-state index is 12.3. The monoisotopic (exact) mass is 336 g/mol. The average Bonchev–Trinajstić information content (AvgIpc) is 2.60. The third-order valence-electron chi connectivity index (χ3n) is 4.57. The number of carbonyl (C=O) groups is 1. The largest absolute Gasteiger partial charge is 0.388 e. The highest BCUT2D eigenvalue weighted by atomic mass is 16.5. The molecule has 1 aliphatic rings. The van der Waals surface area contributed by atoms with Gasteiger partial charge in [0.2, 0.25) is 5.91 Å². The van der Waals surface area contributed by atoms with Gasteiger partial charge in [-0.25, -0.2) is 0 Å². The summed E-state index contributed by atoms with van der Waals surface area (Å²) in [5.41, 5.74) is -0.0634. The van der Waals surface area contributed by atoms with E-state index in [2.05, 4.69) is 5.32 Å². The molecule has 0 spiro atoms. The molecule has 0 radical (unpaired) electrons. The van der Waals surface area contributed by atoms with Gasteiger partial charge >= 0.3 is 0 Å². The molecular formula is C18H28N2O4. The van der Waals surface area contributed by atoms with Gasteiger partial charge in [0, 0.05) is 39.7 Å². The van der Waals surface area contributed by atoms with Gasteiger partial charge in [0.05, 0.1) is 6.61 Å². The number of aliphatic hydroxyl groups is 2. The quantitative estimate of drug-likeness (QED) is 0.590. The Balaban J connectivity index is 1.78. The molecular weight excluding hydrogens is 308 g/mol. The maximum absolute atomic E-state index is 12.3. The Hall–Kier alpha value is -1.47. The first-order valence-electron chi connectivity index (χ1n) is 8.47. The Labute approximate surface area is 143 Å². The summed E-state index contributed by atoms with van der Waals surface area (Å²) in [5.74, 6) is 0.0206. The van der Waals surface area contributed by atoms with Crippen LogP contribution in [0, 0.1) is 0 Å².